The minimum atomic E-state index is -0.383. The van der Waals surface area contributed by atoms with Gasteiger partial charge in [0.05, 0.1) is 26.4 Å². The second-order valence-corrected chi connectivity index (χ2v) is 11.8. The second-order valence-electron chi connectivity index (χ2n) is 11.8. The lowest BCUT2D eigenvalue weighted by Crippen LogP contribution is -2.09. The van der Waals surface area contributed by atoms with Gasteiger partial charge in [-0.2, -0.15) is 0 Å². The van der Waals surface area contributed by atoms with Gasteiger partial charge in [-0.1, -0.05) is 49.0 Å². The normalized spacial score (nSPS) is 10.1. The van der Waals surface area contributed by atoms with Crippen molar-refractivity contribution in [2.75, 3.05) is 26.4 Å². The second kappa shape index (κ2) is 18.5. The Morgan fingerprint density at radius 1 is 0.520 bits per heavy atom. The molecule has 0 heterocycles. The standard InChI is InChI=1S/C44H42O6/c1-31(2)43(45)49-27-7-25-47-39-19-13-35(14-20-39)9-11-37-17-23-41(33(5)29-37)42-24-18-38(30-34(42)6)12-10-36-15-21-40(22-16-36)48-26-8-28-50-44(46)32(3)4/h13-24,29-30H,1,3,7-8,25-28H2,2,4-6H3. The Hall–Kier alpha value is -5.98. The van der Waals surface area contributed by atoms with E-state index >= 15 is 0 Å². The van der Waals surface area contributed by atoms with Gasteiger partial charge in [-0.3, -0.25) is 0 Å². The fourth-order valence-electron chi connectivity index (χ4n) is 4.72. The zero-order valence-electron chi connectivity index (χ0n) is 29.2. The van der Waals surface area contributed by atoms with Crippen LogP contribution in [0.1, 0.15) is 60.1 Å². The third-order valence-corrected chi connectivity index (χ3v) is 7.43. The summed E-state index contributed by atoms with van der Waals surface area (Å²) in [5.74, 6) is 13.7. The Bertz CT molecular complexity index is 1820. The van der Waals surface area contributed by atoms with Gasteiger partial charge in [-0.05, 0) is 123 Å². The Morgan fingerprint density at radius 3 is 1.20 bits per heavy atom. The molecule has 0 atom stereocenters. The molecule has 0 unspecified atom stereocenters. The quantitative estimate of drug-likeness (QED) is 0.0617. The average molecular weight is 667 g/mol. The van der Waals surface area contributed by atoms with Crippen LogP contribution >= 0.6 is 0 Å². The summed E-state index contributed by atoms with van der Waals surface area (Å²) in [6.07, 6.45) is 1.20. The van der Waals surface area contributed by atoms with E-state index in [1.54, 1.807) is 13.8 Å². The van der Waals surface area contributed by atoms with Gasteiger partial charge in [-0.15, -0.1) is 0 Å². The van der Waals surface area contributed by atoms with Crippen LogP contribution in [0.4, 0.5) is 0 Å². The molecule has 0 aromatic heterocycles. The lowest BCUT2D eigenvalue weighted by atomic mass is 9.94. The summed E-state index contributed by atoms with van der Waals surface area (Å²) in [4.78, 5) is 22.8. The van der Waals surface area contributed by atoms with Crippen molar-refractivity contribution >= 4 is 11.9 Å². The average Bonchev–Trinajstić information content (AvgIpc) is 3.10. The highest BCUT2D eigenvalue weighted by Crippen LogP contribution is 2.28. The molecule has 0 aliphatic rings. The largest absolute Gasteiger partial charge is 0.493 e. The smallest absolute Gasteiger partial charge is 0.333 e. The van der Waals surface area contributed by atoms with E-state index in [-0.39, 0.29) is 11.9 Å². The molecule has 0 aliphatic carbocycles. The maximum absolute atomic E-state index is 11.4. The molecule has 0 spiro atoms. The zero-order valence-corrected chi connectivity index (χ0v) is 29.2. The Labute approximate surface area is 295 Å². The fraction of sp³-hybridized carbons (Fsp3) is 0.227. The number of carbonyl (C=O) groups is 2. The van der Waals surface area contributed by atoms with Gasteiger partial charge in [0, 0.05) is 46.2 Å². The van der Waals surface area contributed by atoms with Crippen LogP contribution in [0.15, 0.2) is 109 Å². The van der Waals surface area contributed by atoms with Crippen LogP contribution in [0.25, 0.3) is 11.1 Å². The Morgan fingerprint density at radius 2 is 0.860 bits per heavy atom. The monoisotopic (exact) mass is 666 g/mol. The predicted octanol–water partition coefficient (Wildman–Crippen LogP) is 8.55. The first-order chi connectivity index (χ1) is 24.1. The van der Waals surface area contributed by atoms with E-state index in [4.69, 9.17) is 18.9 Å². The molecule has 0 N–H and O–H groups in total. The highest BCUT2D eigenvalue weighted by atomic mass is 16.5. The first kappa shape index (κ1) is 36.8. The first-order valence-electron chi connectivity index (χ1n) is 16.5. The van der Waals surface area contributed by atoms with E-state index < -0.39 is 0 Å². The molecule has 0 aliphatic heterocycles. The van der Waals surface area contributed by atoms with Crippen LogP contribution in [0.2, 0.25) is 0 Å². The minimum Gasteiger partial charge on any atom is -0.493 e. The molecule has 4 aromatic rings. The van der Waals surface area contributed by atoms with Crippen LogP contribution < -0.4 is 9.47 Å². The Kier molecular flexibility index (Phi) is 13.7. The topological polar surface area (TPSA) is 71.1 Å². The van der Waals surface area contributed by atoms with Crippen LogP contribution in [-0.2, 0) is 19.1 Å². The van der Waals surface area contributed by atoms with Crippen molar-refractivity contribution in [2.45, 2.75) is 40.5 Å². The SMILES string of the molecule is C=C(C)C(=O)OCCCOc1ccc(C#Cc2ccc(-c3ccc(C#Cc4ccc(OCCCOC(=O)C(=C)C)cc4)cc3C)c(C)c2)cc1. The van der Waals surface area contributed by atoms with Crippen molar-refractivity contribution in [3.63, 3.8) is 0 Å². The highest BCUT2D eigenvalue weighted by Gasteiger charge is 2.07. The zero-order chi connectivity index (χ0) is 35.9. The summed E-state index contributed by atoms with van der Waals surface area (Å²) in [6, 6.07) is 27.8. The van der Waals surface area contributed by atoms with Crippen molar-refractivity contribution in [3.05, 3.63) is 143 Å². The van der Waals surface area contributed by atoms with Gasteiger partial charge in [-0.25, -0.2) is 9.59 Å². The molecular formula is C44H42O6. The minimum absolute atomic E-state index is 0.294. The molecule has 6 nitrogen and oxygen atoms in total. The molecule has 0 saturated heterocycles. The summed E-state index contributed by atoms with van der Waals surface area (Å²) in [6.45, 7) is 16.1. The van der Waals surface area contributed by atoms with Crippen molar-refractivity contribution in [1.29, 1.82) is 0 Å². The fourth-order valence-corrected chi connectivity index (χ4v) is 4.72. The van der Waals surface area contributed by atoms with E-state index in [0.717, 1.165) is 56.0 Å². The molecule has 0 saturated carbocycles. The lowest BCUT2D eigenvalue weighted by molar-refractivity contribution is -0.140. The summed E-state index contributed by atoms with van der Waals surface area (Å²) in [7, 11) is 0. The first-order valence-corrected chi connectivity index (χ1v) is 16.5. The van der Waals surface area contributed by atoms with Crippen LogP contribution in [0.5, 0.6) is 11.5 Å². The van der Waals surface area contributed by atoms with E-state index in [0.29, 0.717) is 50.4 Å². The summed E-state index contributed by atoms with van der Waals surface area (Å²) < 4.78 is 21.6. The summed E-state index contributed by atoms with van der Waals surface area (Å²) in [5.41, 5.74) is 9.05. The molecular weight excluding hydrogens is 624 g/mol. The summed E-state index contributed by atoms with van der Waals surface area (Å²) >= 11 is 0. The van der Waals surface area contributed by atoms with Gasteiger partial charge in [0.25, 0.3) is 0 Å². The maximum atomic E-state index is 11.4. The van der Waals surface area contributed by atoms with Gasteiger partial charge >= 0.3 is 11.9 Å². The molecule has 0 fully saturated rings. The van der Waals surface area contributed by atoms with Crippen molar-refractivity contribution in [1.82, 2.24) is 0 Å². The highest BCUT2D eigenvalue weighted by molar-refractivity contribution is 5.87. The summed E-state index contributed by atoms with van der Waals surface area (Å²) in [5, 5.41) is 0. The van der Waals surface area contributed by atoms with Gasteiger partial charge in [0.2, 0.25) is 0 Å². The molecule has 6 heteroatoms. The molecule has 254 valence electrons. The van der Waals surface area contributed by atoms with Crippen LogP contribution in [-0.4, -0.2) is 38.4 Å². The number of benzene rings is 4. The van der Waals surface area contributed by atoms with Crippen molar-refractivity contribution in [2.24, 2.45) is 0 Å². The van der Waals surface area contributed by atoms with Crippen molar-refractivity contribution < 1.29 is 28.5 Å². The van der Waals surface area contributed by atoms with Gasteiger partial charge < -0.3 is 18.9 Å². The number of ether oxygens (including phenoxy) is 4. The van der Waals surface area contributed by atoms with Gasteiger partial charge in [0.1, 0.15) is 11.5 Å². The number of carbonyl (C=O) groups excluding carboxylic acids is 2. The molecule has 4 rings (SSSR count). The van der Waals surface area contributed by atoms with E-state index in [1.165, 1.54) is 0 Å². The van der Waals surface area contributed by atoms with Crippen molar-refractivity contribution in [3.8, 4) is 46.3 Å². The van der Waals surface area contributed by atoms with E-state index in [1.807, 2.05) is 60.7 Å². The number of esters is 2. The number of hydrogen-bond acceptors (Lipinski definition) is 6. The molecule has 0 amide bonds. The van der Waals surface area contributed by atoms with Gasteiger partial charge in [0.15, 0.2) is 0 Å². The predicted molar refractivity (Wildman–Crippen MR) is 198 cm³/mol. The molecule has 0 radical (unpaired) electrons. The number of aryl methyl sites for hydroxylation is 2. The molecule has 4 aromatic carbocycles. The number of hydrogen-bond donors (Lipinski definition) is 0. The van der Waals surface area contributed by atoms with E-state index in [2.05, 4.69) is 75.0 Å². The van der Waals surface area contributed by atoms with E-state index in [9.17, 15) is 9.59 Å². The third-order valence-electron chi connectivity index (χ3n) is 7.43. The molecule has 0 bridgehead atoms. The van der Waals surface area contributed by atoms with Crippen LogP contribution in [0.3, 0.4) is 0 Å². The number of rotatable bonds is 13. The molecule has 50 heavy (non-hydrogen) atoms. The van der Waals surface area contributed by atoms with Crippen LogP contribution in [0, 0.1) is 37.5 Å². The lowest BCUT2D eigenvalue weighted by Gasteiger charge is -2.10. The third kappa shape index (κ3) is 11.6. The Balaban J connectivity index is 1.28. The maximum Gasteiger partial charge on any atom is 0.333 e.